The van der Waals surface area contributed by atoms with E-state index in [1.165, 1.54) is 0 Å². The molecule has 0 aliphatic rings. The molecule has 0 spiro atoms. The first kappa shape index (κ1) is 13.0. The highest BCUT2D eigenvalue weighted by Gasteiger charge is 2.18. The predicted molar refractivity (Wildman–Crippen MR) is 78.8 cm³/mol. The van der Waals surface area contributed by atoms with Gasteiger partial charge in [0.05, 0.1) is 0 Å². The van der Waals surface area contributed by atoms with Crippen LogP contribution in [0.4, 0.5) is 0 Å². The molecule has 1 unspecified atom stereocenters. The van der Waals surface area contributed by atoms with Gasteiger partial charge in [-0.1, -0.05) is 15.9 Å². The Bertz CT molecular complexity index is 527. The van der Waals surface area contributed by atoms with Gasteiger partial charge in [0, 0.05) is 32.5 Å². The summed E-state index contributed by atoms with van der Waals surface area (Å²) in [6.45, 7) is 2.83. The van der Waals surface area contributed by atoms with Gasteiger partial charge >= 0.3 is 0 Å². The quantitative estimate of drug-likeness (QED) is 0.793. The Morgan fingerprint density at radius 2 is 2.29 bits per heavy atom. The second-order valence-corrected chi connectivity index (χ2v) is 5.72. The van der Waals surface area contributed by atoms with Gasteiger partial charge in [0.15, 0.2) is 0 Å². The van der Waals surface area contributed by atoms with Crippen LogP contribution in [-0.4, -0.2) is 14.7 Å². The summed E-state index contributed by atoms with van der Waals surface area (Å²) in [5, 5.41) is 10.4. The lowest BCUT2D eigenvalue weighted by molar-refractivity contribution is 0.204. The summed E-state index contributed by atoms with van der Waals surface area (Å²) in [5.74, 6) is 0.684. The van der Waals surface area contributed by atoms with Crippen molar-refractivity contribution in [3.05, 3.63) is 50.0 Å². The van der Waals surface area contributed by atoms with Crippen LogP contribution in [0.15, 0.2) is 35.1 Å². The van der Waals surface area contributed by atoms with E-state index in [0.29, 0.717) is 5.82 Å². The van der Waals surface area contributed by atoms with Crippen molar-refractivity contribution in [2.24, 2.45) is 0 Å². The van der Waals surface area contributed by atoms with E-state index in [2.05, 4.69) is 43.5 Å². The SMILES string of the molecule is CCn1ccnc1C(O)c1cc(Br)ccc1I. The molecule has 1 N–H and O–H groups in total. The number of halogens is 2. The van der Waals surface area contributed by atoms with Gasteiger partial charge in [-0.25, -0.2) is 4.98 Å². The Kier molecular flexibility index (Phi) is 4.22. The van der Waals surface area contributed by atoms with E-state index in [1.807, 2.05) is 35.9 Å². The Labute approximate surface area is 122 Å². The van der Waals surface area contributed by atoms with E-state index in [1.54, 1.807) is 6.20 Å². The van der Waals surface area contributed by atoms with Crippen molar-refractivity contribution >= 4 is 38.5 Å². The van der Waals surface area contributed by atoms with Gasteiger partial charge in [0.1, 0.15) is 11.9 Å². The monoisotopic (exact) mass is 406 g/mol. The number of benzene rings is 1. The fraction of sp³-hybridized carbons (Fsp3) is 0.250. The van der Waals surface area contributed by atoms with Crippen LogP contribution < -0.4 is 0 Å². The first-order valence-electron chi connectivity index (χ1n) is 5.27. The minimum atomic E-state index is -0.686. The van der Waals surface area contributed by atoms with Crippen LogP contribution in [0.5, 0.6) is 0 Å². The van der Waals surface area contributed by atoms with Crippen LogP contribution in [0, 0.1) is 3.57 Å². The standard InChI is InChI=1S/C12H12BrIN2O/c1-2-16-6-5-15-12(16)11(17)9-7-8(13)3-4-10(9)14/h3-7,11,17H,2H2,1H3. The van der Waals surface area contributed by atoms with Gasteiger partial charge in [-0.05, 0) is 47.7 Å². The highest BCUT2D eigenvalue weighted by atomic mass is 127. The highest BCUT2D eigenvalue weighted by molar-refractivity contribution is 14.1. The van der Waals surface area contributed by atoms with Gasteiger partial charge < -0.3 is 9.67 Å². The molecule has 1 atom stereocenters. The molecule has 3 nitrogen and oxygen atoms in total. The van der Waals surface area contributed by atoms with E-state index >= 15 is 0 Å². The van der Waals surface area contributed by atoms with Crippen LogP contribution in [0.2, 0.25) is 0 Å². The summed E-state index contributed by atoms with van der Waals surface area (Å²) in [7, 11) is 0. The normalized spacial score (nSPS) is 12.7. The van der Waals surface area contributed by atoms with Crippen molar-refractivity contribution in [2.45, 2.75) is 19.6 Å². The summed E-state index contributed by atoms with van der Waals surface area (Å²) in [4.78, 5) is 4.23. The average Bonchev–Trinajstić information content (AvgIpc) is 2.79. The van der Waals surface area contributed by atoms with Crippen molar-refractivity contribution in [1.29, 1.82) is 0 Å². The lowest BCUT2D eigenvalue weighted by Gasteiger charge is -2.14. The van der Waals surface area contributed by atoms with E-state index in [9.17, 15) is 5.11 Å². The van der Waals surface area contributed by atoms with Gasteiger partial charge in [-0.3, -0.25) is 0 Å². The molecule has 2 aromatic rings. The topological polar surface area (TPSA) is 38.0 Å². The number of aromatic nitrogens is 2. The maximum Gasteiger partial charge on any atom is 0.142 e. The molecule has 90 valence electrons. The summed E-state index contributed by atoms with van der Waals surface area (Å²) in [6.07, 6.45) is 2.91. The number of aliphatic hydroxyl groups is 1. The minimum Gasteiger partial charge on any atom is -0.380 e. The summed E-state index contributed by atoms with van der Waals surface area (Å²) < 4.78 is 3.94. The van der Waals surface area contributed by atoms with E-state index in [-0.39, 0.29) is 0 Å². The molecule has 0 radical (unpaired) electrons. The zero-order chi connectivity index (χ0) is 12.4. The summed E-state index contributed by atoms with van der Waals surface area (Å²) in [6, 6.07) is 5.87. The van der Waals surface area contributed by atoms with Crippen LogP contribution in [0.3, 0.4) is 0 Å². The van der Waals surface area contributed by atoms with Crippen LogP contribution in [0.1, 0.15) is 24.4 Å². The fourth-order valence-corrected chi connectivity index (χ4v) is 2.71. The molecule has 0 aliphatic carbocycles. The highest BCUT2D eigenvalue weighted by Crippen LogP contribution is 2.27. The number of aryl methyl sites for hydroxylation is 1. The van der Waals surface area contributed by atoms with Gasteiger partial charge in [0.25, 0.3) is 0 Å². The summed E-state index contributed by atoms with van der Waals surface area (Å²) >= 11 is 5.64. The molecule has 0 fully saturated rings. The third kappa shape index (κ3) is 2.71. The maximum absolute atomic E-state index is 10.4. The van der Waals surface area contributed by atoms with Gasteiger partial charge in [-0.2, -0.15) is 0 Å². The van der Waals surface area contributed by atoms with Crippen molar-refractivity contribution in [3.63, 3.8) is 0 Å². The Morgan fingerprint density at radius 1 is 1.53 bits per heavy atom. The predicted octanol–water partition coefficient (Wildman–Crippen LogP) is 3.35. The second-order valence-electron chi connectivity index (χ2n) is 3.64. The molecular formula is C12H12BrIN2O. The Morgan fingerprint density at radius 3 is 3.00 bits per heavy atom. The second kappa shape index (κ2) is 5.49. The first-order chi connectivity index (χ1) is 8.13. The smallest absolute Gasteiger partial charge is 0.142 e. The van der Waals surface area contributed by atoms with Gasteiger partial charge in [-0.15, -0.1) is 0 Å². The molecule has 0 saturated carbocycles. The fourth-order valence-electron chi connectivity index (χ4n) is 1.70. The summed E-state index contributed by atoms with van der Waals surface area (Å²) in [5.41, 5.74) is 0.876. The number of hydrogen-bond donors (Lipinski definition) is 1. The Hall–Kier alpha value is -0.400. The van der Waals surface area contributed by atoms with Crippen LogP contribution >= 0.6 is 38.5 Å². The van der Waals surface area contributed by atoms with Crippen molar-refractivity contribution in [3.8, 4) is 0 Å². The molecule has 2 rings (SSSR count). The van der Waals surface area contributed by atoms with Crippen LogP contribution in [-0.2, 0) is 6.54 Å². The first-order valence-corrected chi connectivity index (χ1v) is 7.14. The average molecular weight is 407 g/mol. The third-order valence-corrected chi connectivity index (χ3v) is 4.06. The molecule has 1 heterocycles. The molecule has 0 saturated heterocycles. The molecule has 0 amide bonds. The van der Waals surface area contributed by atoms with E-state index in [0.717, 1.165) is 20.2 Å². The lowest BCUT2D eigenvalue weighted by Crippen LogP contribution is -2.10. The van der Waals surface area contributed by atoms with Gasteiger partial charge in [0.2, 0.25) is 0 Å². The number of rotatable bonds is 3. The zero-order valence-electron chi connectivity index (χ0n) is 9.27. The van der Waals surface area contributed by atoms with Crippen molar-refractivity contribution in [1.82, 2.24) is 9.55 Å². The molecule has 1 aromatic heterocycles. The number of nitrogens with zero attached hydrogens (tertiary/aromatic N) is 2. The minimum absolute atomic E-state index is 0.684. The largest absolute Gasteiger partial charge is 0.380 e. The van der Waals surface area contributed by atoms with Crippen LogP contribution in [0.25, 0.3) is 0 Å². The number of aliphatic hydroxyl groups excluding tert-OH is 1. The molecule has 17 heavy (non-hydrogen) atoms. The molecular weight excluding hydrogens is 395 g/mol. The number of hydrogen-bond acceptors (Lipinski definition) is 2. The molecule has 0 bridgehead atoms. The van der Waals surface area contributed by atoms with E-state index < -0.39 is 6.10 Å². The maximum atomic E-state index is 10.4. The lowest BCUT2D eigenvalue weighted by atomic mass is 10.1. The zero-order valence-corrected chi connectivity index (χ0v) is 13.0. The number of imidazole rings is 1. The third-order valence-electron chi connectivity index (χ3n) is 2.59. The Balaban J connectivity index is 2.43. The molecule has 5 heteroatoms. The van der Waals surface area contributed by atoms with Crippen molar-refractivity contribution < 1.29 is 5.11 Å². The molecule has 0 aliphatic heterocycles. The molecule has 1 aromatic carbocycles. The van der Waals surface area contributed by atoms with Crippen molar-refractivity contribution in [2.75, 3.05) is 0 Å². The van der Waals surface area contributed by atoms with E-state index in [4.69, 9.17) is 0 Å².